The zero-order valence-electron chi connectivity index (χ0n) is 11.4. The number of nitrogens with one attached hydrogen (secondary N) is 1. The maximum atomic E-state index is 11.7. The van der Waals surface area contributed by atoms with Gasteiger partial charge in [0.15, 0.2) is 0 Å². The van der Waals surface area contributed by atoms with Crippen LogP contribution in [0.15, 0.2) is 0 Å². The Hall–Kier alpha value is -0.570. The van der Waals surface area contributed by atoms with Crippen molar-refractivity contribution in [3.8, 4) is 0 Å². The van der Waals surface area contributed by atoms with Gasteiger partial charge in [0.05, 0.1) is 0 Å². The van der Waals surface area contributed by atoms with E-state index in [0.717, 1.165) is 31.7 Å². The smallest absolute Gasteiger partial charge is 0.220 e. The highest BCUT2D eigenvalue weighted by molar-refractivity contribution is 5.76. The summed E-state index contributed by atoms with van der Waals surface area (Å²) in [5.74, 6) is 1.32. The molecule has 100 valence electrons. The Labute approximate surface area is 106 Å². The maximum Gasteiger partial charge on any atom is 0.220 e. The molecule has 0 aliphatic heterocycles. The minimum Gasteiger partial charge on any atom is -0.356 e. The van der Waals surface area contributed by atoms with E-state index < -0.39 is 0 Å². The van der Waals surface area contributed by atoms with Crippen molar-refractivity contribution >= 4 is 5.91 Å². The lowest BCUT2D eigenvalue weighted by Gasteiger charge is -2.27. The van der Waals surface area contributed by atoms with Gasteiger partial charge < -0.3 is 11.1 Å². The van der Waals surface area contributed by atoms with Gasteiger partial charge in [-0.25, -0.2) is 0 Å². The first-order valence-electron chi connectivity index (χ1n) is 7.12. The Balaban J connectivity index is 2.11. The third-order valence-corrected chi connectivity index (χ3v) is 3.70. The Morgan fingerprint density at radius 1 is 1.35 bits per heavy atom. The van der Waals surface area contributed by atoms with E-state index in [1.807, 2.05) is 0 Å². The quantitative estimate of drug-likeness (QED) is 0.701. The van der Waals surface area contributed by atoms with Gasteiger partial charge in [-0.3, -0.25) is 4.79 Å². The highest BCUT2D eigenvalue weighted by Crippen LogP contribution is 2.25. The summed E-state index contributed by atoms with van der Waals surface area (Å²) >= 11 is 0. The average Bonchev–Trinajstić information content (AvgIpc) is 2.27. The molecule has 3 nitrogen and oxygen atoms in total. The molecule has 2 unspecified atom stereocenters. The molecule has 17 heavy (non-hydrogen) atoms. The molecule has 0 saturated heterocycles. The van der Waals surface area contributed by atoms with Crippen molar-refractivity contribution in [2.45, 2.75) is 64.8 Å². The normalized spacial score (nSPS) is 24.9. The van der Waals surface area contributed by atoms with Crippen molar-refractivity contribution in [2.75, 3.05) is 6.54 Å². The van der Waals surface area contributed by atoms with Crippen LogP contribution in [-0.4, -0.2) is 18.5 Å². The average molecular weight is 240 g/mol. The molecule has 0 spiro atoms. The van der Waals surface area contributed by atoms with Gasteiger partial charge in [-0.2, -0.15) is 0 Å². The van der Waals surface area contributed by atoms with Gasteiger partial charge >= 0.3 is 0 Å². The third kappa shape index (κ3) is 6.06. The van der Waals surface area contributed by atoms with Crippen LogP contribution >= 0.6 is 0 Å². The van der Waals surface area contributed by atoms with Gasteiger partial charge in [0.1, 0.15) is 0 Å². The molecule has 0 aromatic heterocycles. The van der Waals surface area contributed by atoms with E-state index in [1.165, 1.54) is 19.3 Å². The fourth-order valence-electron chi connectivity index (χ4n) is 2.54. The second kappa shape index (κ2) is 7.70. The number of hydrogen-bond donors (Lipinski definition) is 2. The largest absolute Gasteiger partial charge is 0.356 e. The molecule has 0 aromatic rings. The fourth-order valence-corrected chi connectivity index (χ4v) is 2.54. The molecule has 3 heteroatoms. The first kappa shape index (κ1) is 14.5. The minimum absolute atomic E-state index is 0.191. The van der Waals surface area contributed by atoms with Crippen LogP contribution in [0.4, 0.5) is 0 Å². The second-order valence-electron chi connectivity index (χ2n) is 5.80. The van der Waals surface area contributed by atoms with Crippen LogP contribution in [-0.2, 0) is 4.79 Å². The Morgan fingerprint density at radius 3 is 2.71 bits per heavy atom. The fraction of sp³-hybridized carbons (Fsp3) is 0.929. The second-order valence-corrected chi connectivity index (χ2v) is 5.80. The van der Waals surface area contributed by atoms with Gasteiger partial charge in [0.2, 0.25) is 5.91 Å². The molecule has 1 amide bonds. The van der Waals surface area contributed by atoms with Crippen LogP contribution in [0, 0.1) is 11.8 Å². The predicted octanol–water partition coefficient (Wildman–Crippen LogP) is 2.45. The Kier molecular flexibility index (Phi) is 6.56. The van der Waals surface area contributed by atoms with Crippen LogP contribution < -0.4 is 11.1 Å². The SMILES string of the molecule is CC(C)CCCNC(=O)CC1CCCCC1N. The minimum atomic E-state index is 0.191. The third-order valence-electron chi connectivity index (χ3n) is 3.70. The molecule has 1 aliphatic rings. The van der Waals surface area contributed by atoms with Gasteiger partial charge in [-0.15, -0.1) is 0 Å². The molecule has 0 aromatic carbocycles. The summed E-state index contributed by atoms with van der Waals surface area (Å²) in [5, 5.41) is 3.01. The first-order valence-corrected chi connectivity index (χ1v) is 7.12. The van der Waals surface area contributed by atoms with Crippen molar-refractivity contribution in [1.82, 2.24) is 5.32 Å². The molecule has 0 bridgehead atoms. The molecular weight excluding hydrogens is 212 g/mol. The molecule has 1 rings (SSSR count). The number of nitrogens with two attached hydrogens (primary N) is 1. The summed E-state index contributed by atoms with van der Waals surface area (Å²) in [4.78, 5) is 11.7. The zero-order chi connectivity index (χ0) is 12.7. The highest BCUT2D eigenvalue weighted by Gasteiger charge is 2.23. The van der Waals surface area contributed by atoms with E-state index in [1.54, 1.807) is 0 Å². The molecular formula is C14H28N2O. The van der Waals surface area contributed by atoms with Crippen molar-refractivity contribution in [3.05, 3.63) is 0 Å². The van der Waals surface area contributed by atoms with E-state index >= 15 is 0 Å². The summed E-state index contributed by atoms with van der Waals surface area (Å²) in [7, 11) is 0. The lowest BCUT2D eigenvalue weighted by Crippen LogP contribution is -2.37. The van der Waals surface area contributed by atoms with E-state index in [0.29, 0.717) is 12.3 Å². The summed E-state index contributed by atoms with van der Waals surface area (Å²) in [6.45, 7) is 5.24. The number of amides is 1. The van der Waals surface area contributed by atoms with Gasteiger partial charge in [0.25, 0.3) is 0 Å². The summed E-state index contributed by atoms with van der Waals surface area (Å²) in [6.07, 6.45) is 7.57. The van der Waals surface area contributed by atoms with Gasteiger partial charge in [0, 0.05) is 19.0 Å². The van der Waals surface area contributed by atoms with E-state index in [2.05, 4.69) is 19.2 Å². The standard InChI is InChI=1S/C14H28N2O/c1-11(2)6-5-9-16-14(17)10-12-7-3-4-8-13(12)15/h11-13H,3-10,15H2,1-2H3,(H,16,17). The molecule has 2 atom stereocenters. The maximum absolute atomic E-state index is 11.7. The Bertz CT molecular complexity index is 228. The molecule has 1 aliphatic carbocycles. The van der Waals surface area contributed by atoms with Crippen molar-refractivity contribution in [1.29, 1.82) is 0 Å². The van der Waals surface area contributed by atoms with Crippen LogP contribution in [0.25, 0.3) is 0 Å². The van der Waals surface area contributed by atoms with Crippen molar-refractivity contribution < 1.29 is 4.79 Å². The topological polar surface area (TPSA) is 55.1 Å². The van der Waals surface area contributed by atoms with Crippen molar-refractivity contribution in [3.63, 3.8) is 0 Å². The Morgan fingerprint density at radius 2 is 2.06 bits per heavy atom. The molecule has 0 heterocycles. The van der Waals surface area contributed by atoms with Gasteiger partial charge in [-0.05, 0) is 37.5 Å². The molecule has 1 fully saturated rings. The number of rotatable bonds is 6. The zero-order valence-corrected chi connectivity index (χ0v) is 11.4. The molecule has 3 N–H and O–H groups in total. The number of carbonyl (C=O) groups is 1. The van der Waals surface area contributed by atoms with Gasteiger partial charge in [-0.1, -0.05) is 26.7 Å². The summed E-state index contributed by atoms with van der Waals surface area (Å²) in [6, 6.07) is 0.241. The van der Waals surface area contributed by atoms with E-state index in [-0.39, 0.29) is 11.9 Å². The first-order chi connectivity index (χ1) is 8.09. The number of carbonyl (C=O) groups excluding carboxylic acids is 1. The van der Waals surface area contributed by atoms with E-state index in [4.69, 9.17) is 5.73 Å². The monoisotopic (exact) mass is 240 g/mol. The predicted molar refractivity (Wildman–Crippen MR) is 71.6 cm³/mol. The summed E-state index contributed by atoms with van der Waals surface area (Å²) in [5.41, 5.74) is 6.04. The molecule has 1 saturated carbocycles. The van der Waals surface area contributed by atoms with Crippen LogP contribution in [0.2, 0.25) is 0 Å². The van der Waals surface area contributed by atoms with Crippen molar-refractivity contribution in [2.24, 2.45) is 17.6 Å². The number of hydrogen-bond acceptors (Lipinski definition) is 2. The van der Waals surface area contributed by atoms with E-state index in [9.17, 15) is 4.79 Å². The van der Waals surface area contributed by atoms with Crippen LogP contribution in [0.5, 0.6) is 0 Å². The lowest BCUT2D eigenvalue weighted by atomic mass is 9.83. The van der Waals surface area contributed by atoms with Crippen LogP contribution in [0.3, 0.4) is 0 Å². The van der Waals surface area contributed by atoms with Crippen LogP contribution in [0.1, 0.15) is 58.8 Å². The summed E-state index contributed by atoms with van der Waals surface area (Å²) < 4.78 is 0. The lowest BCUT2D eigenvalue weighted by molar-refractivity contribution is -0.122. The highest BCUT2D eigenvalue weighted by atomic mass is 16.1. The molecule has 0 radical (unpaired) electrons.